The van der Waals surface area contributed by atoms with Gasteiger partial charge >= 0.3 is 0 Å². The van der Waals surface area contributed by atoms with Crippen LogP contribution in [0.3, 0.4) is 0 Å². The average molecular weight is 393 g/mol. The summed E-state index contributed by atoms with van der Waals surface area (Å²) in [6, 6.07) is 15.8. The molecule has 152 valence electrons. The van der Waals surface area contributed by atoms with Crippen LogP contribution in [0.2, 0.25) is 0 Å². The molecule has 2 saturated heterocycles. The predicted octanol–water partition coefficient (Wildman–Crippen LogP) is 2.85. The van der Waals surface area contributed by atoms with Gasteiger partial charge in [0.1, 0.15) is 5.75 Å². The molecule has 6 heteroatoms. The number of hydrogen-bond acceptors (Lipinski definition) is 4. The molecule has 0 saturated carbocycles. The molecule has 0 aliphatic carbocycles. The Morgan fingerprint density at radius 3 is 2.52 bits per heavy atom. The first kappa shape index (κ1) is 19.3. The van der Waals surface area contributed by atoms with Gasteiger partial charge in [-0.3, -0.25) is 9.59 Å². The fourth-order valence-corrected chi connectivity index (χ4v) is 4.01. The molecule has 0 aromatic heterocycles. The van der Waals surface area contributed by atoms with Gasteiger partial charge in [-0.25, -0.2) is 0 Å². The number of carbonyl (C=O) groups excluding carboxylic acids is 2. The molecule has 0 spiro atoms. The van der Waals surface area contributed by atoms with Crippen LogP contribution < -0.4 is 14.5 Å². The van der Waals surface area contributed by atoms with E-state index in [1.54, 1.807) is 4.90 Å². The van der Waals surface area contributed by atoms with Gasteiger partial charge in [0.25, 0.3) is 5.91 Å². The van der Waals surface area contributed by atoms with Crippen molar-refractivity contribution in [3.63, 3.8) is 0 Å². The summed E-state index contributed by atoms with van der Waals surface area (Å²) in [5.41, 5.74) is 3.33. The van der Waals surface area contributed by atoms with Gasteiger partial charge in [0.05, 0.1) is 0 Å². The molecule has 2 amide bonds. The summed E-state index contributed by atoms with van der Waals surface area (Å²) < 4.78 is 5.74. The number of amides is 2. The van der Waals surface area contributed by atoms with Gasteiger partial charge in [-0.1, -0.05) is 24.3 Å². The molecule has 2 aliphatic rings. The number of piperazine rings is 1. The van der Waals surface area contributed by atoms with Gasteiger partial charge in [-0.2, -0.15) is 0 Å². The predicted molar refractivity (Wildman–Crippen MR) is 113 cm³/mol. The monoisotopic (exact) mass is 393 g/mol. The van der Waals surface area contributed by atoms with Crippen molar-refractivity contribution < 1.29 is 14.3 Å². The standard InChI is InChI=1S/C23H27N3O3/c1-18-6-2-3-9-21(18)24-12-14-25(15-13-24)23(28)17-29-20-8-4-7-19(16-20)26-11-5-10-22(26)27/h2-4,6-9,16H,5,10-15,17H2,1H3. The highest BCUT2D eigenvalue weighted by Crippen LogP contribution is 2.25. The Morgan fingerprint density at radius 1 is 1.00 bits per heavy atom. The van der Waals surface area contributed by atoms with Crippen molar-refractivity contribution in [3.8, 4) is 5.75 Å². The van der Waals surface area contributed by atoms with Crippen molar-refractivity contribution in [2.75, 3.05) is 49.1 Å². The summed E-state index contributed by atoms with van der Waals surface area (Å²) in [6.45, 7) is 5.91. The van der Waals surface area contributed by atoms with Gasteiger partial charge < -0.3 is 19.4 Å². The van der Waals surface area contributed by atoms with Crippen LogP contribution in [0.15, 0.2) is 48.5 Å². The number of benzene rings is 2. The van der Waals surface area contributed by atoms with E-state index in [4.69, 9.17) is 4.74 Å². The number of para-hydroxylation sites is 1. The molecular weight excluding hydrogens is 366 g/mol. The number of nitrogens with zero attached hydrogens (tertiary/aromatic N) is 3. The molecule has 2 aromatic rings. The minimum absolute atomic E-state index is 0.00270. The molecule has 0 bridgehead atoms. The van der Waals surface area contributed by atoms with E-state index >= 15 is 0 Å². The summed E-state index contributed by atoms with van der Waals surface area (Å²) in [5, 5.41) is 0. The molecule has 0 atom stereocenters. The molecule has 2 aliphatic heterocycles. The van der Waals surface area contributed by atoms with Crippen molar-refractivity contribution in [1.29, 1.82) is 0 Å². The molecule has 0 unspecified atom stereocenters. The Kier molecular flexibility index (Phi) is 5.69. The largest absolute Gasteiger partial charge is 0.484 e. The van der Waals surface area contributed by atoms with Crippen molar-refractivity contribution >= 4 is 23.2 Å². The third-order valence-corrected chi connectivity index (χ3v) is 5.65. The van der Waals surface area contributed by atoms with Crippen molar-refractivity contribution in [2.24, 2.45) is 0 Å². The summed E-state index contributed by atoms with van der Waals surface area (Å²) >= 11 is 0. The summed E-state index contributed by atoms with van der Waals surface area (Å²) in [5.74, 6) is 0.760. The zero-order valence-corrected chi connectivity index (χ0v) is 16.8. The third kappa shape index (κ3) is 4.36. The van der Waals surface area contributed by atoms with Crippen LogP contribution in [0.4, 0.5) is 11.4 Å². The lowest BCUT2D eigenvalue weighted by atomic mass is 10.1. The first-order chi connectivity index (χ1) is 14.1. The Labute approximate surface area is 171 Å². The van der Waals surface area contributed by atoms with E-state index in [-0.39, 0.29) is 18.4 Å². The minimum Gasteiger partial charge on any atom is -0.484 e. The number of aryl methyl sites for hydroxylation is 1. The molecule has 2 aromatic carbocycles. The maximum absolute atomic E-state index is 12.6. The fraction of sp³-hybridized carbons (Fsp3) is 0.391. The van der Waals surface area contributed by atoms with Gasteiger partial charge in [0.2, 0.25) is 5.91 Å². The first-order valence-corrected chi connectivity index (χ1v) is 10.2. The van der Waals surface area contributed by atoms with Gasteiger partial charge in [0, 0.05) is 56.6 Å². The van der Waals surface area contributed by atoms with E-state index in [2.05, 4.69) is 30.0 Å². The summed E-state index contributed by atoms with van der Waals surface area (Å²) in [6.07, 6.45) is 1.48. The smallest absolute Gasteiger partial charge is 0.260 e. The van der Waals surface area contributed by atoms with Crippen molar-refractivity contribution in [1.82, 2.24) is 4.90 Å². The molecule has 29 heavy (non-hydrogen) atoms. The van der Waals surface area contributed by atoms with Crippen molar-refractivity contribution in [3.05, 3.63) is 54.1 Å². The quantitative estimate of drug-likeness (QED) is 0.784. The number of carbonyl (C=O) groups is 2. The van der Waals surface area contributed by atoms with Crippen LogP contribution in [0.1, 0.15) is 18.4 Å². The second-order valence-corrected chi connectivity index (χ2v) is 7.59. The summed E-state index contributed by atoms with van der Waals surface area (Å²) in [4.78, 5) is 30.5. The lowest BCUT2D eigenvalue weighted by molar-refractivity contribution is -0.133. The molecule has 2 fully saturated rings. The number of rotatable bonds is 5. The van der Waals surface area contributed by atoms with Crippen LogP contribution in [-0.4, -0.2) is 56.0 Å². The topological polar surface area (TPSA) is 53.1 Å². The van der Waals surface area contributed by atoms with Gasteiger partial charge in [0.15, 0.2) is 6.61 Å². The zero-order chi connectivity index (χ0) is 20.2. The summed E-state index contributed by atoms with van der Waals surface area (Å²) in [7, 11) is 0. The number of hydrogen-bond donors (Lipinski definition) is 0. The molecule has 2 heterocycles. The Bertz CT molecular complexity index is 890. The zero-order valence-electron chi connectivity index (χ0n) is 16.8. The molecule has 4 rings (SSSR count). The Hall–Kier alpha value is -3.02. The van der Waals surface area contributed by atoms with E-state index in [0.717, 1.165) is 31.7 Å². The average Bonchev–Trinajstić information content (AvgIpc) is 3.19. The van der Waals surface area contributed by atoms with E-state index < -0.39 is 0 Å². The molecule has 0 radical (unpaired) electrons. The number of ether oxygens (including phenoxy) is 1. The normalized spacial score (nSPS) is 17.0. The first-order valence-electron chi connectivity index (χ1n) is 10.2. The fourth-order valence-electron chi connectivity index (χ4n) is 4.01. The van der Waals surface area contributed by atoms with Crippen LogP contribution in [0.5, 0.6) is 5.75 Å². The van der Waals surface area contributed by atoms with Crippen LogP contribution in [-0.2, 0) is 9.59 Å². The molecule has 0 N–H and O–H groups in total. The van der Waals surface area contributed by atoms with E-state index in [1.807, 2.05) is 35.2 Å². The molecular formula is C23H27N3O3. The van der Waals surface area contributed by atoms with E-state index in [0.29, 0.717) is 25.3 Å². The highest BCUT2D eigenvalue weighted by atomic mass is 16.5. The SMILES string of the molecule is Cc1ccccc1N1CCN(C(=O)COc2cccc(N3CCCC3=O)c2)CC1. The lowest BCUT2D eigenvalue weighted by Crippen LogP contribution is -2.50. The maximum atomic E-state index is 12.6. The van der Waals surface area contributed by atoms with Crippen LogP contribution in [0, 0.1) is 6.92 Å². The second-order valence-electron chi connectivity index (χ2n) is 7.59. The highest BCUT2D eigenvalue weighted by molar-refractivity contribution is 5.95. The van der Waals surface area contributed by atoms with E-state index in [1.165, 1.54) is 11.3 Å². The van der Waals surface area contributed by atoms with Crippen LogP contribution >= 0.6 is 0 Å². The van der Waals surface area contributed by atoms with Crippen molar-refractivity contribution in [2.45, 2.75) is 19.8 Å². The third-order valence-electron chi connectivity index (χ3n) is 5.65. The number of anilines is 2. The van der Waals surface area contributed by atoms with Gasteiger partial charge in [-0.15, -0.1) is 0 Å². The Balaban J connectivity index is 1.30. The lowest BCUT2D eigenvalue weighted by Gasteiger charge is -2.36. The van der Waals surface area contributed by atoms with Gasteiger partial charge in [-0.05, 0) is 37.1 Å². The molecule has 6 nitrogen and oxygen atoms in total. The maximum Gasteiger partial charge on any atom is 0.260 e. The van der Waals surface area contributed by atoms with E-state index in [9.17, 15) is 9.59 Å². The highest BCUT2D eigenvalue weighted by Gasteiger charge is 2.23. The second kappa shape index (κ2) is 8.55. The minimum atomic E-state index is -0.00270. The van der Waals surface area contributed by atoms with Crippen LogP contribution in [0.25, 0.3) is 0 Å². The Morgan fingerprint density at radius 2 is 1.79 bits per heavy atom.